The smallest absolute Gasteiger partial charge is 0.142 e. The number of fused-ring (bicyclic) bond motifs is 1. The fourth-order valence-electron chi connectivity index (χ4n) is 1.60. The monoisotopic (exact) mass is 152 g/mol. The average molecular weight is 152 g/mol. The molecule has 0 aliphatic heterocycles. The van der Waals surface area contributed by atoms with Gasteiger partial charge in [-0.1, -0.05) is 19.0 Å². The molecule has 0 radical (unpaired) electrons. The SMILES string of the molecule is CC1(C)Cc2oncc2C1N. The molecule has 2 rings (SSSR count). The third kappa shape index (κ3) is 0.807. The highest BCUT2D eigenvalue weighted by atomic mass is 16.5. The van der Waals surface area contributed by atoms with Crippen LogP contribution in [0.4, 0.5) is 0 Å². The molecule has 1 aromatic heterocycles. The van der Waals surface area contributed by atoms with Crippen LogP contribution in [-0.2, 0) is 6.42 Å². The van der Waals surface area contributed by atoms with E-state index in [-0.39, 0.29) is 11.5 Å². The summed E-state index contributed by atoms with van der Waals surface area (Å²) in [5.74, 6) is 0.961. The zero-order valence-electron chi connectivity index (χ0n) is 6.79. The van der Waals surface area contributed by atoms with Gasteiger partial charge in [-0.2, -0.15) is 0 Å². The van der Waals surface area contributed by atoms with Crippen molar-refractivity contribution in [3.05, 3.63) is 17.5 Å². The van der Waals surface area contributed by atoms with Crippen molar-refractivity contribution in [2.45, 2.75) is 26.3 Å². The minimum Gasteiger partial charge on any atom is -0.361 e. The largest absolute Gasteiger partial charge is 0.361 e. The van der Waals surface area contributed by atoms with Gasteiger partial charge in [-0.3, -0.25) is 0 Å². The van der Waals surface area contributed by atoms with Crippen LogP contribution in [-0.4, -0.2) is 5.16 Å². The molecule has 0 saturated heterocycles. The fraction of sp³-hybridized carbons (Fsp3) is 0.625. The lowest BCUT2D eigenvalue weighted by atomic mass is 9.86. The van der Waals surface area contributed by atoms with Crippen LogP contribution in [0, 0.1) is 5.41 Å². The van der Waals surface area contributed by atoms with E-state index in [0.29, 0.717) is 0 Å². The van der Waals surface area contributed by atoms with E-state index in [0.717, 1.165) is 17.7 Å². The molecule has 0 spiro atoms. The first-order chi connectivity index (χ1) is 5.11. The van der Waals surface area contributed by atoms with Crippen molar-refractivity contribution in [1.82, 2.24) is 5.16 Å². The van der Waals surface area contributed by atoms with Crippen molar-refractivity contribution in [2.24, 2.45) is 11.1 Å². The van der Waals surface area contributed by atoms with Gasteiger partial charge in [-0.15, -0.1) is 0 Å². The molecule has 0 aromatic carbocycles. The van der Waals surface area contributed by atoms with E-state index in [1.54, 1.807) is 6.20 Å². The van der Waals surface area contributed by atoms with Gasteiger partial charge < -0.3 is 10.3 Å². The van der Waals surface area contributed by atoms with E-state index in [9.17, 15) is 0 Å². The molecular weight excluding hydrogens is 140 g/mol. The van der Waals surface area contributed by atoms with Gasteiger partial charge in [0, 0.05) is 18.0 Å². The van der Waals surface area contributed by atoms with E-state index < -0.39 is 0 Å². The van der Waals surface area contributed by atoms with Gasteiger partial charge in [0.05, 0.1) is 6.20 Å². The van der Waals surface area contributed by atoms with Gasteiger partial charge in [0.15, 0.2) is 0 Å². The zero-order chi connectivity index (χ0) is 8.06. The molecule has 0 amide bonds. The Morgan fingerprint density at radius 1 is 1.73 bits per heavy atom. The number of nitrogens with two attached hydrogens (primary N) is 1. The van der Waals surface area contributed by atoms with Crippen LogP contribution in [0.1, 0.15) is 31.2 Å². The molecule has 0 bridgehead atoms. The summed E-state index contributed by atoms with van der Waals surface area (Å²) < 4.78 is 5.05. The lowest BCUT2D eigenvalue weighted by Crippen LogP contribution is -2.24. The van der Waals surface area contributed by atoms with Crippen molar-refractivity contribution in [3.8, 4) is 0 Å². The maximum atomic E-state index is 5.97. The van der Waals surface area contributed by atoms with E-state index in [1.165, 1.54) is 0 Å². The van der Waals surface area contributed by atoms with Crippen LogP contribution in [0.25, 0.3) is 0 Å². The first kappa shape index (κ1) is 6.85. The molecule has 11 heavy (non-hydrogen) atoms. The average Bonchev–Trinajstić information content (AvgIpc) is 2.39. The highest BCUT2D eigenvalue weighted by Gasteiger charge is 2.39. The topological polar surface area (TPSA) is 52.0 Å². The number of hydrogen-bond acceptors (Lipinski definition) is 3. The second kappa shape index (κ2) is 1.85. The quantitative estimate of drug-likeness (QED) is 0.608. The van der Waals surface area contributed by atoms with Crippen LogP contribution < -0.4 is 5.73 Å². The van der Waals surface area contributed by atoms with Gasteiger partial charge in [0.1, 0.15) is 5.76 Å². The minimum absolute atomic E-state index is 0.0868. The number of aromatic nitrogens is 1. The third-order valence-corrected chi connectivity index (χ3v) is 2.47. The summed E-state index contributed by atoms with van der Waals surface area (Å²) in [5, 5.41) is 3.70. The Labute approximate surface area is 65.6 Å². The summed E-state index contributed by atoms with van der Waals surface area (Å²) >= 11 is 0. The number of nitrogens with zero attached hydrogens (tertiary/aromatic N) is 1. The first-order valence-electron chi connectivity index (χ1n) is 3.80. The predicted octanol–water partition coefficient (Wildman–Crippen LogP) is 1.26. The molecule has 1 atom stereocenters. The summed E-state index contributed by atoms with van der Waals surface area (Å²) in [4.78, 5) is 0. The number of hydrogen-bond donors (Lipinski definition) is 1. The summed E-state index contributed by atoms with van der Waals surface area (Å²) in [7, 11) is 0. The van der Waals surface area contributed by atoms with E-state index in [1.807, 2.05) is 0 Å². The van der Waals surface area contributed by atoms with Gasteiger partial charge in [-0.25, -0.2) is 0 Å². The van der Waals surface area contributed by atoms with Crippen LogP contribution >= 0.6 is 0 Å². The number of rotatable bonds is 0. The molecule has 3 nitrogen and oxygen atoms in total. The predicted molar refractivity (Wildman–Crippen MR) is 40.9 cm³/mol. The van der Waals surface area contributed by atoms with Crippen molar-refractivity contribution < 1.29 is 4.52 Å². The van der Waals surface area contributed by atoms with Crippen molar-refractivity contribution in [1.29, 1.82) is 0 Å². The van der Waals surface area contributed by atoms with E-state index in [4.69, 9.17) is 10.3 Å². The maximum absolute atomic E-state index is 5.97. The highest BCUT2D eigenvalue weighted by molar-refractivity contribution is 5.27. The Kier molecular flexibility index (Phi) is 1.16. The normalized spacial score (nSPS) is 27.0. The van der Waals surface area contributed by atoms with Crippen molar-refractivity contribution in [2.75, 3.05) is 0 Å². The first-order valence-corrected chi connectivity index (χ1v) is 3.80. The van der Waals surface area contributed by atoms with Gasteiger partial charge in [-0.05, 0) is 5.41 Å². The molecule has 1 aliphatic rings. The Hall–Kier alpha value is -0.830. The molecule has 3 heteroatoms. The van der Waals surface area contributed by atoms with E-state index in [2.05, 4.69) is 19.0 Å². The summed E-state index contributed by atoms with van der Waals surface area (Å²) in [6.07, 6.45) is 2.64. The van der Waals surface area contributed by atoms with Crippen molar-refractivity contribution in [3.63, 3.8) is 0 Å². The lowest BCUT2D eigenvalue weighted by Gasteiger charge is -2.22. The van der Waals surface area contributed by atoms with Crippen molar-refractivity contribution >= 4 is 0 Å². The second-order valence-corrected chi connectivity index (χ2v) is 3.85. The van der Waals surface area contributed by atoms with Crippen LogP contribution in [0.15, 0.2) is 10.7 Å². The Morgan fingerprint density at radius 3 is 3.09 bits per heavy atom. The van der Waals surface area contributed by atoms with Gasteiger partial charge >= 0.3 is 0 Å². The summed E-state index contributed by atoms with van der Waals surface area (Å²) in [6, 6.07) is 0.0868. The summed E-state index contributed by atoms with van der Waals surface area (Å²) in [6.45, 7) is 4.29. The molecular formula is C8H12N2O. The third-order valence-electron chi connectivity index (χ3n) is 2.47. The van der Waals surface area contributed by atoms with E-state index >= 15 is 0 Å². The molecule has 0 fully saturated rings. The molecule has 0 saturated carbocycles. The highest BCUT2D eigenvalue weighted by Crippen LogP contribution is 2.43. The Morgan fingerprint density at radius 2 is 2.45 bits per heavy atom. The molecule has 2 N–H and O–H groups in total. The summed E-state index contributed by atoms with van der Waals surface area (Å²) in [5.41, 5.74) is 7.18. The molecule has 60 valence electrons. The fourth-order valence-corrected chi connectivity index (χ4v) is 1.60. The lowest BCUT2D eigenvalue weighted by molar-refractivity contribution is 0.287. The van der Waals surface area contributed by atoms with Crippen LogP contribution in [0.5, 0.6) is 0 Å². The second-order valence-electron chi connectivity index (χ2n) is 3.85. The molecule has 1 aromatic rings. The standard InChI is InChI=1S/C8H12N2O/c1-8(2)3-6-5(7(8)9)4-10-11-6/h4,7H,3,9H2,1-2H3. The molecule has 1 heterocycles. The zero-order valence-corrected chi connectivity index (χ0v) is 6.79. The molecule has 1 unspecified atom stereocenters. The Bertz CT molecular complexity index is 277. The molecule has 1 aliphatic carbocycles. The Balaban J connectivity index is 2.45. The van der Waals surface area contributed by atoms with Crippen LogP contribution in [0.2, 0.25) is 0 Å². The minimum atomic E-state index is 0.0868. The van der Waals surface area contributed by atoms with Crippen LogP contribution in [0.3, 0.4) is 0 Å². The van der Waals surface area contributed by atoms with Gasteiger partial charge in [0.2, 0.25) is 0 Å². The van der Waals surface area contributed by atoms with Gasteiger partial charge in [0.25, 0.3) is 0 Å². The maximum Gasteiger partial charge on any atom is 0.142 e.